The van der Waals surface area contributed by atoms with E-state index in [-0.39, 0.29) is 22.7 Å². The number of fused-ring (bicyclic) bond motifs is 1. The molecule has 0 bridgehead atoms. The largest absolute Gasteiger partial charge is 0.449 e. The first-order valence-electron chi connectivity index (χ1n) is 9.06. The number of urea groups is 1. The van der Waals surface area contributed by atoms with Crippen LogP contribution in [0.1, 0.15) is 63.7 Å². The van der Waals surface area contributed by atoms with Gasteiger partial charge in [-0.3, -0.25) is 24.6 Å². The number of amides is 5. The highest BCUT2D eigenvalue weighted by Gasteiger charge is 2.33. The minimum atomic E-state index is -1.21. The Morgan fingerprint density at radius 1 is 1.11 bits per heavy atom. The molecule has 1 aliphatic heterocycles. The van der Waals surface area contributed by atoms with E-state index in [1.54, 1.807) is 0 Å². The third-order valence-electron chi connectivity index (χ3n) is 4.91. The SMILES string of the molecule is CC(OC(=O)c1ccc2c(c1)C(=O)N(C)C2=O)C(=O)NC(=O)NC1CCCC1. The van der Waals surface area contributed by atoms with Crippen molar-refractivity contribution < 1.29 is 28.7 Å². The van der Waals surface area contributed by atoms with Crippen molar-refractivity contribution in [2.45, 2.75) is 44.8 Å². The van der Waals surface area contributed by atoms with Gasteiger partial charge in [-0.05, 0) is 38.0 Å². The highest BCUT2D eigenvalue weighted by Crippen LogP contribution is 2.23. The molecule has 1 aliphatic carbocycles. The number of rotatable bonds is 4. The number of nitrogens with one attached hydrogen (secondary N) is 2. The maximum atomic E-state index is 12.3. The summed E-state index contributed by atoms with van der Waals surface area (Å²) in [6.07, 6.45) is 2.62. The molecule has 1 aromatic rings. The Hall–Kier alpha value is -3.23. The van der Waals surface area contributed by atoms with E-state index in [4.69, 9.17) is 4.74 Å². The second kappa shape index (κ2) is 7.79. The van der Waals surface area contributed by atoms with Crippen LogP contribution >= 0.6 is 0 Å². The summed E-state index contributed by atoms with van der Waals surface area (Å²) < 4.78 is 5.08. The molecule has 1 heterocycles. The molecule has 1 atom stereocenters. The number of benzene rings is 1. The monoisotopic (exact) mass is 387 g/mol. The molecule has 0 spiro atoms. The van der Waals surface area contributed by atoms with Gasteiger partial charge in [-0.25, -0.2) is 9.59 Å². The van der Waals surface area contributed by atoms with Crippen molar-refractivity contribution in [2.24, 2.45) is 0 Å². The fourth-order valence-corrected chi connectivity index (χ4v) is 3.28. The summed E-state index contributed by atoms with van der Waals surface area (Å²) in [5.74, 6) is -2.54. The lowest BCUT2D eigenvalue weighted by Gasteiger charge is -2.15. The van der Waals surface area contributed by atoms with Crippen LogP contribution in [-0.2, 0) is 9.53 Å². The molecule has 1 unspecified atom stereocenters. The van der Waals surface area contributed by atoms with E-state index in [0.717, 1.165) is 30.6 Å². The van der Waals surface area contributed by atoms with Crippen molar-refractivity contribution in [3.05, 3.63) is 34.9 Å². The smallest absolute Gasteiger partial charge is 0.338 e. The number of hydrogen-bond donors (Lipinski definition) is 2. The molecule has 9 heteroatoms. The molecule has 1 saturated carbocycles. The Morgan fingerprint density at radius 2 is 1.75 bits per heavy atom. The van der Waals surface area contributed by atoms with E-state index in [1.807, 2.05) is 0 Å². The molecule has 0 aromatic heterocycles. The lowest BCUT2D eigenvalue weighted by molar-refractivity contribution is -0.127. The lowest BCUT2D eigenvalue weighted by atomic mass is 10.1. The fourth-order valence-electron chi connectivity index (χ4n) is 3.28. The molecule has 3 rings (SSSR count). The molecule has 28 heavy (non-hydrogen) atoms. The molecule has 0 radical (unpaired) electrons. The summed E-state index contributed by atoms with van der Waals surface area (Å²) in [6, 6.07) is 3.41. The van der Waals surface area contributed by atoms with Crippen molar-refractivity contribution in [2.75, 3.05) is 7.05 Å². The zero-order chi connectivity index (χ0) is 20.4. The van der Waals surface area contributed by atoms with Crippen molar-refractivity contribution in [1.82, 2.24) is 15.5 Å². The minimum Gasteiger partial charge on any atom is -0.449 e. The lowest BCUT2D eigenvalue weighted by Crippen LogP contribution is -2.47. The first kappa shape index (κ1) is 19.5. The van der Waals surface area contributed by atoms with E-state index in [2.05, 4.69) is 10.6 Å². The predicted octanol–water partition coefficient (Wildman–Crippen LogP) is 1.23. The molecule has 0 saturated heterocycles. The van der Waals surface area contributed by atoms with Gasteiger partial charge >= 0.3 is 12.0 Å². The molecule has 2 aliphatic rings. The van der Waals surface area contributed by atoms with E-state index in [9.17, 15) is 24.0 Å². The number of ether oxygens (including phenoxy) is 1. The Bertz CT molecular complexity index is 859. The van der Waals surface area contributed by atoms with Gasteiger partial charge in [0.25, 0.3) is 17.7 Å². The summed E-state index contributed by atoms with van der Waals surface area (Å²) in [5, 5.41) is 4.86. The van der Waals surface area contributed by atoms with Gasteiger partial charge in [0.15, 0.2) is 6.10 Å². The first-order valence-corrected chi connectivity index (χ1v) is 9.06. The highest BCUT2D eigenvalue weighted by atomic mass is 16.5. The van der Waals surface area contributed by atoms with Gasteiger partial charge in [0, 0.05) is 13.1 Å². The quantitative estimate of drug-likeness (QED) is 0.592. The molecular weight excluding hydrogens is 366 g/mol. The maximum Gasteiger partial charge on any atom is 0.338 e. The van der Waals surface area contributed by atoms with Crippen LogP contribution in [0.2, 0.25) is 0 Å². The third-order valence-corrected chi connectivity index (χ3v) is 4.91. The van der Waals surface area contributed by atoms with Gasteiger partial charge in [0.05, 0.1) is 16.7 Å². The van der Waals surface area contributed by atoms with Crippen LogP contribution in [0.25, 0.3) is 0 Å². The zero-order valence-electron chi connectivity index (χ0n) is 15.6. The molecular formula is C19H21N3O6. The fraction of sp³-hybridized carbons (Fsp3) is 0.421. The summed E-state index contributed by atoms with van der Waals surface area (Å²) in [5.41, 5.74) is 0.346. The van der Waals surface area contributed by atoms with Crippen LogP contribution in [0, 0.1) is 0 Å². The van der Waals surface area contributed by atoms with Crippen LogP contribution in [-0.4, -0.2) is 53.8 Å². The number of carbonyl (C=O) groups excluding carboxylic acids is 5. The average Bonchev–Trinajstić information content (AvgIpc) is 3.24. The minimum absolute atomic E-state index is 0.0326. The Kier molecular flexibility index (Phi) is 5.43. The topological polar surface area (TPSA) is 122 Å². The normalized spacial score (nSPS) is 17.3. The van der Waals surface area contributed by atoms with Gasteiger partial charge in [-0.2, -0.15) is 0 Å². The van der Waals surface area contributed by atoms with Crippen LogP contribution < -0.4 is 10.6 Å². The molecule has 148 valence electrons. The maximum absolute atomic E-state index is 12.3. The second-order valence-electron chi connectivity index (χ2n) is 6.92. The molecule has 2 N–H and O–H groups in total. The van der Waals surface area contributed by atoms with Crippen LogP contribution in [0.15, 0.2) is 18.2 Å². The van der Waals surface area contributed by atoms with Crippen molar-refractivity contribution >= 4 is 29.7 Å². The highest BCUT2D eigenvalue weighted by molar-refractivity contribution is 6.21. The van der Waals surface area contributed by atoms with Gasteiger partial charge < -0.3 is 10.1 Å². The summed E-state index contributed by atoms with van der Waals surface area (Å²) in [7, 11) is 1.35. The van der Waals surface area contributed by atoms with Crippen molar-refractivity contribution in [3.63, 3.8) is 0 Å². The van der Waals surface area contributed by atoms with Crippen molar-refractivity contribution in [1.29, 1.82) is 0 Å². The zero-order valence-corrected chi connectivity index (χ0v) is 15.6. The van der Waals surface area contributed by atoms with Gasteiger partial charge in [0.1, 0.15) is 0 Å². The third kappa shape index (κ3) is 3.88. The van der Waals surface area contributed by atoms with Crippen LogP contribution in [0.5, 0.6) is 0 Å². The Labute approximate surface area is 161 Å². The first-order chi connectivity index (χ1) is 13.3. The Morgan fingerprint density at radius 3 is 2.43 bits per heavy atom. The molecule has 1 aromatic carbocycles. The summed E-state index contributed by atoms with van der Waals surface area (Å²) >= 11 is 0. The number of nitrogens with zero attached hydrogens (tertiary/aromatic N) is 1. The number of carbonyl (C=O) groups is 5. The molecule has 9 nitrogen and oxygen atoms in total. The van der Waals surface area contributed by atoms with Crippen molar-refractivity contribution in [3.8, 4) is 0 Å². The molecule has 5 amide bonds. The standard InChI is InChI=1S/C19H21N3O6/c1-10(15(23)21-19(27)20-12-5-3-4-6-12)28-18(26)11-7-8-13-14(9-11)17(25)22(2)16(13)24/h7-10,12H,3-6H2,1-2H3,(H2,20,21,23,27). The number of hydrogen-bond acceptors (Lipinski definition) is 6. The number of esters is 1. The molecule has 1 fully saturated rings. The van der Waals surface area contributed by atoms with E-state index < -0.39 is 35.8 Å². The van der Waals surface area contributed by atoms with Crippen LogP contribution in [0.3, 0.4) is 0 Å². The Balaban J connectivity index is 1.58. The van der Waals surface area contributed by atoms with Gasteiger partial charge in [0.2, 0.25) is 0 Å². The van der Waals surface area contributed by atoms with E-state index in [0.29, 0.717) is 0 Å². The van der Waals surface area contributed by atoms with Gasteiger partial charge in [-0.1, -0.05) is 12.8 Å². The van der Waals surface area contributed by atoms with E-state index in [1.165, 1.54) is 32.2 Å². The second-order valence-corrected chi connectivity index (χ2v) is 6.92. The number of imide groups is 2. The van der Waals surface area contributed by atoms with Gasteiger partial charge in [-0.15, -0.1) is 0 Å². The van der Waals surface area contributed by atoms with Crippen LogP contribution in [0.4, 0.5) is 4.79 Å². The van der Waals surface area contributed by atoms with E-state index >= 15 is 0 Å². The predicted molar refractivity (Wildman–Crippen MR) is 96.7 cm³/mol. The average molecular weight is 387 g/mol. The summed E-state index contributed by atoms with van der Waals surface area (Å²) in [6.45, 7) is 1.34. The summed E-state index contributed by atoms with van der Waals surface area (Å²) in [4.78, 5) is 61.0.